The molecule has 1 aromatic carbocycles. The van der Waals surface area contributed by atoms with Gasteiger partial charge in [0.15, 0.2) is 0 Å². The number of H-pyrrole nitrogens is 1. The summed E-state index contributed by atoms with van der Waals surface area (Å²) in [5, 5.41) is 8.91. The van der Waals surface area contributed by atoms with Crippen molar-refractivity contribution < 1.29 is 14.6 Å². The summed E-state index contributed by atoms with van der Waals surface area (Å²) >= 11 is 6.28. The first-order chi connectivity index (χ1) is 8.99. The first-order valence-electron chi connectivity index (χ1n) is 4.93. The first-order valence-corrected chi connectivity index (χ1v) is 6.51. The average molecular weight is 390 g/mol. The Balaban J connectivity index is 2.43. The molecule has 0 fully saturated rings. The predicted octanol–water partition coefficient (Wildman–Crippen LogP) is 2.79. The first kappa shape index (κ1) is 13.8. The molecule has 0 amide bonds. The number of nitrogens with one attached hydrogen (secondary N) is 1. The molecular formula is C11H6Br2N2O4. The van der Waals surface area contributed by atoms with Gasteiger partial charge >= 0.3 is 5.97 Å². The van der Waals surface area contributed by atoms with Crippen LogP contribution in [0.25, 0.3) is 0 Å². The number of carbonyl (C=O) groups is 1. The maximum Gasteiger partial charge on any atom is 0.335 e. The summed E-state index contributed by atoms with van der Waals surface area (Å²) in [6, 6.07) is 4.31. The highest BCUT2D eigenvalue weighted by Crippen LogP contribution is 2.31. The monoisotopic (exact) mass is 388 g/mol. The number of carboxylic acid groups (broad SMARTS) is 1. The number of benzene rings is 1. The van der Waals surface area contributed by atoms with Crippen LogP contribution in [0.3, 0.4) is 0 Å². The van der Waals surface area contributed by atoms with E-state index < -0.39 is 11.5 Å². The summed E-state index contributed by atoms with van der Waals surface area (Å²) in [6.07, 6.45) is 1.19. The average Bonchev–Trinajstić information content (AvgIpc) is 2.37. The van der Waals surface area contributed by atoms with Crippen LogP contribution < -0.4 is 10.3 Å². The van der Waals surface area contributed by atoms with Crippen molar-refractivity contribution in [1.29, 1.82) is 0 Å². The molecule has 0 saturated carbocycles. The maximum absolute atomic E-state index is 11.4. The zero-order chi connectivity index (χ0) is 14.0. The molecule has 6 nitrogen and oxygen atoms in total. The predicted molar refractivity (Wildman–Crippen MR) is 73.7 cm³/mol. The van der Waals surface area contributed by atoms with Gasteiger partial charge in [-0.3, -0.25) is 4.79 Å². The molecule has 0 atom stereocenters. The highest BCUT2D eigenvalue weighted by atomic mass is 79.9. The number of aromatic carboxylic acids is 1. The van der Waals surface area contributed by atoms with Gasteiger partial charge in [0.25, 0.3) is 5.56 Å². The topological polar surface area (TPSA) is 92.3 Å². The molecule has 0 spiro atoms. The van der Waals surface area contributed by atoms with Crippen molar-refractivity contribution in [2.75, 3.05) is 0 Å². The number of nitrogens with zero attached hydrogens (tertiary/aromatic N) is 1. The maximum atomic E-state index is 11.4. The summed E-state index contributed by atoms with van der Waals surface area (Å²) in [7, 11) is 0. The molecule has 98 valence electrons. The zero-order valence-electron chi connectivity index (χ0n) is 9.18. The SMILES string of the molecule is O=C(O)c1ccc(Br)c(Oc2nc[nH]c(=O)c2Br)c1. The van der Waals surface area contributed by atoms with Crippen LogP contribution in [0.15, 0.2) is 38.3 Å². The van der Waals surface area contributed by atoms with Crippen molar-refractivity contribution in [1.82, 2.24) is 9.97 Å². The lowest BCUT2D eigenvalue weighted by molar-refractivity contribution is 0.0696. The number of aromatic nitrogens is 2. The molecule has 1 aromatic heterocycles. The number of halogens is 2. The normalized spacial score (nSPS) is 10.2. The number of carboxylic acids is 1. The van der Waals surface area contributed by atoms with Crippen LogP contribution in [0.1, 0.15) is 10.4 Å². The molecule has 0 aliphatic heterocycles. The molecule has 2 aromatic rings. The van der Waals surface area contributed by atoms with E-state index in [0.717, 1.165) is 0 Å². The van der Waals surface area contributed by atoms with Gasteiger partial charge in [-0.2, -0.15) is 0 Å². The molecule has 0 saturated heterocycles. The fourth-order valence-corrected chi connectivity index (χ4v) is 1.88. The minimum atomic E-state index is -1.07. The van der Waals surface area contributed by atoms with Gasteiger partial charge in [0.05, 0.1) is 16.4 Å². The second-order valence-electron chi connectivity index (χ2n) is 3.40. The van der Waals surface area contributed by atoms with Crippen LogP contribution in [0.2, 0.25) is 0 Å². The molecule has 2 N–H and O–H groups in total. The van der Waals surface area contributed by atoms with Gasteiger partial charge in [0, 0.05) is 0 Å². The summed E-state index contributed by atoms with van der Waals surface area (Å²) in [5.41, 5.74) is -0.324. The van der Waals surface area contributed by atoms with Crippen LogP contribution in [0, 0.1) is 0 Å². The van der Waals surface area contributed by atoms with E-state index in [4.69, 9.17) is 9.84 Å². The molecule has 0 unspecified atom stereocenters. The van der Waals surface area contributed by atoms with Crippen molar-refractivity contribution >= 4 is 37.8 Å². The van der Waals surface area contributed by atoms with E-state index in [1.807, 2.05) is 0 Å². The second-order valence-corrected chi connectivity index (χ2v) is 5.05. The highest BCUT2D eigenvalue weighted by molar-refractivity contribution is 9.11. The van der Waals surface area contributed by atoms with Crippen molar-refractivity contribution in [2.24, 2.45) is 0 Å². The number of rotatable bonds is 3. The lowest BCUT2D eigenvalue weighted by atomic mass is 10.2. The van der Waals surface area contributed by atoms with E-state index in [2.05, 4.69) is 41.8 Å². The minimum absolute atomic E-state index is 0.0481. The molecule has 0 radical (unpaired) electrons. The number of hydrogen-bond acceptors (Lipinski definition) is 4. The van der Waals surface area contributed by atoms with Crippen molar-refractivity contribution in [3.8, 4) is 11.6 Å². The van der Waals surface area contributed by atoms with E-state index in [1.54, 1.807) is 6.07 Å². The Morgan fingerprint density at radius 1 is 1.37 bits per heavy atom. The van der Waals surface area contributed by atoms with Crippen molar-refractivity contribution in [2.45, 2.75) is 0 Å². The molecule has 1 heterocycles. The van der Waals surface area contributed by atoms with Gasteiger partial charge in [-0.05, 0) is 50.1 Å². The van der Waals surface area contributed by atoms with E-state index in [1.165, 1.54) is 18.5 Å². The molecule has 0 aliphatic carbocycles. The molecular weight excluding hydrogens is 384 g/mol. The number of aromatic amines is 1. The molecule has 0 bridgehead atoms. The van der Waals surface area contributed by atoms with Gasteiger partial charge in [-0.25, -0.2) is 9.78 Å². The minimum Gasteiger partial charge on any atom is -0.478 e. The second kappa shape index (κ2) is 5.54. The Bertz CT molecular complexity index is 699. The zero-order valence-corrected chi connectivity index (χ0v) is 12.4. The van der Waals surface area contributed by atoms with Crippen LogP contribution in [0.4, 0.5) is 0 Å². The Morgan fingerprint density at radius 3 is 2.79 bits per heavy atom. The lowest BCUT2D eigenvalue weighted by Gasteiger charge is -2.08. The molecule has 8 heteroatoms. The third kappa shape index (κ3) is 3.02. The summed E-state index contributed by atoms with van der Waals surface area (Å²) < 4.78 is 6.10. The van der Waals surface area contributed by atoms with Crippen LogP contribution >= 0.6 is 31.9 Å². The molecule has 2 rings (SSSR count). The summed E-state index contributed by atoms with van der Waals surface area (Å²) in [5.74, 6) is -0.777. The summed E-state index contributed by atoms with van der Waals surface area (Å²) in [6.45, 7) is 0. The van der Waals surface area contributed by atoms with Crippen molar-refractivity contribution in [3.63, 3.8) is 0 Å². The Morgan fingerprint density at radius 2 is 2.11 bits per heavy atom. The fraction of sp³-hybridized carbons (Fsp3) is 0. The largest absolute Gasteiger partial charge is 0.478 e. The van der Waals surface area contributed by atoms with Crippen LogP contribution in [-0.4, -0.2) is 21.0 Å². The smallest absolute Gasteiger partial charge is 0.335 e. The van der Waals surface area contributed by atoms with E-state index >= 15 is 0 Å². The fourth-order valence-electron chi connectivity index (χ4n) is 1.26. The van der Waals surface area contributed by atoms with Gasteiger partial charge in [-0.15, -0.1) is 0 Å². The van der Waals surface area contributed by atoms with Gasteiger partial charge < -0.3 is 14.8 Å². The lowest BCUT2D eigenvalue weighted by Crippen LogP contribution is -2.08. The molecule has 0 aliphatic rings. The third-order valence-electron chi connectivity index (χ3n) is 2.15. The van der Waals surface area contributed by atoms with Gasteiger partial charge in [0.2, 0.25) is 5.88 Å². The Hall–Kier alpha value is -1.67. The van der Waals surface area contributed by atoms with Crippen LogP contribution in [-0.2, 0) is 0 Å². The summed E-state index contributed by atoms with van der Waals surface area (Å²) in [4.78, 5) is 28.5. The van der Waals surface area contributed by atoms with Gasteiger partial charge in [0.1, 0.15) is 10.2 Å². The Labute approximate surface area is 123 Å². The van der Waals surface area contributed by atoms with Gasteiger partial charge in [-0.1, -0.05) is 0 Å². The highest BCUT2D eigenvalue weighted by Gasteiger charge is 2.12. The van der Waals surface area contributed by atoms with E-state index in [-0.39, 0.29) is 21.7 Å². The number of hydrogen-bond donors (Lipinski definition) is 2. The quantitative estimate of drug-likeness (QED) is 0.841. The van der Waals surface area contributed by atoms with Crippen molar-refractivity contribution in [3.05, 3.63) is 49.4 Å². The molecule has 19 heavy (non-hydrogen) atoms. The van der Waals surface area contributed by atoms with E-state index in [9.17, 15) is 9.59 Å². The third-order valence-corrected chi connectivity index (χ3v) is 3.50. The van der Waals surface area contributed by atoms with E-state index in [0.29, 0.717) is 4.47 Å². The standard InChI is InChI=1S/C11H6Br2N2O4/c12-6-2-1-5(11(17)18)3-7(6)19-10-8(13)9(16)14-4-15-10/h1-4H,(H,17,18)(H,14,15,16). The Kier molecular flexibility index (Phi) is 4.01. The number of ether oxygens (including phenoxy) is 1. The van der Waals surface area contributed by atoms with Crippen LogP contribution in [0.5, 0.6) is 11.6 Å².